The van der Waals surface area contributed by atoms with Crippen molar-refractivity contribution in [3.05, 3.63) is 90.0 Å². The lowest BCUT2D eigenvalue weighted by Crippen LogP contribution is -2.44. The van der Waals surface area contributed by atoms with Crippen LogP contribution in [0.25, 0.3) is 0 Å². The molecule has 0 radical (unpaired) electrons. The number of benzene rings is 3. The van der Waals surface area contributed by atoms with Gasteiger partial charge in [-0.3, -0.25) is 0 Å². The van der Waals surface area contributed by atoms with Crippen LogP contribution in [0.1, 0.15) is 17.2 Å². The molecule has 126 valence electrons. The third-order valence-corrected chi connectivity index (χ3v) is 4.88. The van der Waals surface area contributed by atoms with Crippen molar-refractivity contribution in [1.82, 2.24) is 0 Å². The molecule has 4 rings (SSSR count). The molecule has 0 saturated heterocycles. The molecule has 0 saturated carbocycles. The Morgan fingerprint density at radius 2 is 1.56 bits per heavy atom. The number of para-hydroxylation sites is 1. The molecule has 3 heteroatoms. The molecular weight excluding hydrogens is 308 g/mol. The van der Waals surface area contributed by atoms with E-state index in [0.717, 1.165) is 17.9 Å². The smallest absolute Gasteiger partial charge is 0.119 e. The van der Waals surface area contributed by atoms with Crippen molar-refractivity contribution in [3.63, 3.8) is 0 Å². The first-order valence-electron chi connectivity index (χ1n) is 8.59. The number of nitrogens with two attached hydrogens (primary N) is 1. The number of hydrogen-bond donors (Lipinski definition) is 1. The molecule has 0 aliphatic carbocycles. The van der Waals surface area contributed by atoms with Crippen molar-refractivity contribution >= 4 is 11.4 Å². The number of methoxy groups -OCH3 is 1. The zero-order chi connectivity index (χ0) is 17.2. The summed E-state index contributed by atoms with van der Waals surface area (Å²) in [5, 5.41) is 0. The van der Waals surface area contributed by atoms with Gasteiger partial charge < -0.3 is 15.4 Å². The number of nitrogens with zero attached hydrogens (tertiary/aromatic N) is 1. The number of anilines is 2. The normalized spacial score (nSPS) is 19.4. The third kappa shape index (κ3) is 2.87. The highest BCUT2D eigenvalue weighted by molar-refractivity contribution is 5.70. The number of hydrogen-bond acceptors (Lipinski definition) is 3. The van der Waals surface area contributed by atoms with E-state index in [1.807, 2.05) is 18.2 Å². The van der Waals surface area contributed by atoms with Crippen LogP contribution in [0.3, 0.4) is 0 Å². The first kappa shape index (κ1) is 15.7. The molecule has 0 bridgehead atoms. The fourth-order valence-electron chi connectivity index (χ4n) is 3.71. The molecule has 1 heterocycles. The van der Waals surface area contributed by atoms with Gasteiger partial charge in [-0.1, -0.05) is 48.5 Å². The lowest BCUT2D eigenvalue weighted by molar-refractivity contribution is 0.414. The Morgan fingerprint density at radius 1 is 0.880 bits per heavy atom. The SMILES string of the molecule is COc1ccc(N2c3ccccc3C[C@H](N)[C@H]2c2ccccc2)cc1. The number of fused-ring (bicyclic) bond motifs is 1. The Hall–Kier alpha value is -2.78. The van der Waals surface area contributed by atoms with Gasteiger partial charge in [-0.05, 0) is 47.9 Å². The largest absolute Gasteiger partial charge is 0.497 e. The average Bonchev–Trinajstić information content (AvgIpc) is 2.67. The highest BCUT2D eigenvalue weighted by Crippen LogP contribution is 2.43. The van der Waals surface area contributed by atoms with Gasteiger partial charge in [-0.25, -0.2) is 0 Å². The maximum absolute atomic E-state index is 6.64. The van der Waals surface area contributed by atoms with Crippen molar-refractivity contribution in [3.8, 4) is 5.75 Å². The van der Waals surface area contributed by atoms with E-state index in [9.17, 15) is 0 Å². The maximum atomic E-state index is 6.64. The third-order valence-electron chi connectivity index (χ3n) is 4.88. The summed E-state index contributed by atoms with van der Waals surface area (Å²) in [6.07, 6.45) is 0.877. The van der Waals surface area contributed by atoms with E-state index in [2.05, 4.69) is 65.6 Å². The molecule has 2 atom stereocenters. The molecule has 3 aromatic rings. The van der Waals surface area contributed by atoms with Gasteiger partial charge in [0, 0.05) is 17.4 Å². The Balaban J connectivity index is 1.86. The molecule has 0 unspecified atom stereocenters. The maximum Gasteiger partial charge on any atom is 0.119 e. The van der Waals surface area contributed by atoms with Crippen molar-refractivity contribution in [1.29, 1.82) is 0 Å². The second-order valence-corrected chi connectivity index (χ2v) is 6.42. The van der Waals surface area contributed by atoms with Crippen molar-refractivity contribution in [2.24, 2.45) is 5.73 Å². The summed E-state index contributed by atoms with van der Waals surface area (Å²) in [6.45, 7) is 0. The lowest BCUT2D eigenvalue weighted by Gasteiger charge is -2.43. The second-order valence-electron chi connectivity index (χ2n) is 6.42. The van der Waals surface area contributed by atoms with E-state index in [0.29, 0.717) is 0 Å². The molecule has 3 nitrogen and oxygen atoms in total. The van der Waals surface area contributed by atoms with Gasteiger partial charge in [0.1, 0.15) is 5.75 Å². The molecule has 25 heavy (non-hydrogen) atoms. The second kappa shape index (κ2) is 6.61. The molecule has 2 N–H and O–H groups in total. The lowest BCUT2D eigenvalue weighted by atomic mass is 9.87. The van der Waals surface area contributed by atoms with Crippen LogP contribution in [0.4, 0.5) is 11.4 Å². The van der Waals surface area contributed by atoms with Crippen LogP contribution in [0.2, 0.25) is 0 Å². The molecule has 1 aliphatic heterocycles. The minimum Gasteiger partial charge on any atom is -0.497 e. The summed E-state index contributed by atoms with van der Waals surface area (Å²) in [5.74, 6) is 0.856. The molecule has 1 aliphatic rings. The van der Waals surface area contributed by atoms with Gasteiger partial charge >= 0.3 is 0 Å². The summed E-state index contributed by atoms with van der Waals surface area (Å²) in [7, 11) is 1.69. The van der Waals surface area contributed by atoms with Crippen LogP contribution < -0.4 is 15.4 Å². The Bertz CT molecular complexity index is 845. The van der Waals surface area contributed by atoms with E-state index >= 15 is 0 Å². The van der Waals surface area contributed by atoms with Gasteiger partial charge in [0.15, 0.2) is 0 Å². The predicted octanol–water partition coefficient (Wildman–Crippen LogP) is 4.46. The van der Waals surface area contributed by atoms with Gasteiger partial charge in [0.05, 0.1) is 13.2 Å². The van der Waals surface area contributed by atoms with E-state index in [4.69, 9.17) is 10.5 Å². The van der Waals surface area contributed by atoms with Crippen molar-refractivity contribution in [2.45, 2.75) is 18.5 Å². The minimum atomic E-state index is 0.0272. The first-order chi connectivity index (χ1) is 12.3. The highest BCUT2D eigenvalue weighted by atomic mass is 16.5. The fourth-order valence-corrected chi connectivity index (χ4v) is 3.71. The Kier molecular flexibility index (Phi) is 4.16. The topological polar surface area (TPSA) is 38.5 Å². The van der Waals surface area contributed by atoms with Crippen LogP contribution in [0, 0.1) is 0 Å². The van der Waals surface area contributed by atoms with Crippen LogP contribution in [-0.2, 0) is 6.42 Å². The molecular formula is C22H22N2O. The van der Waals surface area contributed by atoms with Crippen molar-refractivity contribution < 1.29 is 4.74 Å². The molecule has 0 spiro atoms. The zero-order valence-corrected chi connectivity index (χ0v) is 14.3. The predicted molar refractivity (Wildman–Crippen MR) is 102 cm³/mol. The monoisotopic (exact) mass is 330 g/mol. The molecule has 0 fully saturated rings. The highest BCUT2D eigenvalue weighted by Gasteiger charge is 2.34. The average molecular weight is 330 g/mol. The summed E-state index contributed by atoms with van der Waals surface area (Å²) >= 11 is 0. The number of rotatable bonds is 3. The summed E-state index contributed by atoms with van der Waals surface area (Å²) in [5.41, 5.74) is 11.5. The quantitative estimate of drug-likeness (QED) is 0.770. The first-order valence-corrected chi connectivity index (χ1v) is 8.59. The summed E-state index contributed by atoms with van der Waals surface area (Å²) in [6, 6.07) is 27.4. The fraction of sp³-hybridized carbons (Fsp3) is 0.182. The summed E-state index contributed by atoms with van der Waals surface area (Å²) < 4.78 is 5.32. The van der Waals surface area contributed by atoms with E-state index in [-0.39, 0.29) is 12.1 Å². The van der Waals surface area contributed by atoms with Gasteiger partial charge in [0.2, 0.25) is 0 Å². The van der Waals surface area contributed by atoms with Crippen LogP contribution in [0.15, 0.2) is 78.9 Å². The van der Waals surface area contributed by atoms with Gasteiger partial charge in [-0.2, -0.15) is 0 Å². The van der Waals surface area contributed by atoms with Gasteiger partial charge in [-0.15, -0.1) is 0 Å². The minimum absolute atomic E-state index is 0.0272. The number of ether oxygens (including phenoxy) is 1. The van der Waals surface area contributed by atoms with Gasteiger partial charge in [0.25, 0.3) is 0 Å². The molecule has 3 aromatic carbocycles. The molecule has 0 amide bonds. The van der Waals surface area contributed by atoms with Crippen LogP contribution >= 0.6 is 0 Å². The van der Waals surface area contributed by atoms with Crippen molar-refractivity contribution in [2.75, 3.05) is 12.0 Å². The Labute approximate surface area is 148 Å². The standard InChI is InChI=1S/C22H22N2O/c1-25-19-13-11-18(12-14-19)24-21-10-6-5-9-17(21)15-20(23)22(24)16-7-3-2-4-8-16/h2-14,20,22H,15,23H2,1H3/t20-,22+/m0/s1. The van der Waals surface area contributed by atoms with Crippen LogP contribution in [-0.4, -0.2) is 13.2 Å². The van der Waals surface area contributed by atoms with E-state index in [1.54, 1.807) is 7.11 Å². The van der Waals surface area contributed by atoms with E-state index < -0.39 is 0 Å². The molecule has 0 aromatic heterocycles. The summed E-state index contributed by atoms with van der Waals surface area (Å²) in [4.78, 5) is 2.36. The Morgan fingerprint density at radius 3 is 2.28 bits per heavy atom. The van der Waals surface area contributed by atoms with E-state index in [1.165, 1.54) is 16.8 Å². The van der Waals surface area contributed by atoms with Crippen LogP contribution in [0.5, 0.6) is 5.75 Å². The zero-order valence-electron chi connectivity index (χ0n) is 14.3.